The number of hydrogen-bond acceptors (Lipinski definition) is 6. The normalized spacial score (nSPS) is 19.7. The van der Waals surface area contributed by atoms with E-state index < -0.39 is 0 Å². The highest BCUT2D eigenvalue weighted by atomic mass is 16.6. The van der Waals surface area contributed by atoms with Gasteiger partial charge >= 0.3 is 0 Å². The standard InChI is InChI=1S/C18H22N4O2/c1-21-8-7-15-14(10-21)18(20-12-19-15)22(2)9-13-11-23-16-5-3-4-6-17(16)24-13/h3-6,12-13H,7-11H2,1-2H3. The maximum atomic E-state index is 6.07. The lowest BCUT2D eigenvalue weighted by Crippen LogP contribution is -2.40. The molecule has 0 bridgehead atoms. The molecule has 0 N–H and O–H groups in total. The van der Waals surface area contributed by atoms with Gasteiger partial charge in [-0.1, -0.05) is 12.1 Å². The summed E-state index contributed by atoms with van der Waals surface area (Å²) in [6, 6.07) is 7.80. The summed E-state index contributed by atoms with van der Waals surface area (Å²) in [6.07, 6.45) is 2.63. The van der Waals surface area contributed by atoms with Crippen molar-refractivity contribution in [2.45, 2.75) is 19.1 Å². The van der Waals surface area contributed by atoms with Gasteiger partial charge in [0.2, 0.25) is 0 Å². The van der Waals surface area contributed by atoms with Gasteiger partial charge in [0.05, 0.1) is 12.2 Å². The summed E-state index contributed by atoms with van der Waals surface area (Å²) < 4.78 is 11.9. The Kier molecular flexibility index (Phi) is 3.98. The smallest absolute Gasteiger partial charge is 0.161 e. The number of anilines is 1. The van der Waals surface area contributed by atoms with Crippen LogP contribution in [0.1, 0.15) is 11.3 Å². The Morgan fingerprint density at radius 1 is 1.25 bits per heavy atom. The molecular formula is C18H22N4O2. The molecule has 6 heteroatoms. The number of para-hydroxylation sites is 2. The zero-order chi connectivity index (χ0) is 16.5. The van der Waals surface area contributed by atoms with Crippen molar-refractivity contribution in [3.8, 4) is 11.5 Å². The van der Waals surface area contributed by atoms with E-state index in [9.17, 15) is 0 Å². The highest BCUT2D eigenvalue weighted by molar-refractivity contribution is 5.49. The maximum absolute atomic E-state index is 6.07. The Morgan fingerprint density at radius 2 is 2.08 bits per heavy atom. The van der Waals surface area contributed by atoms with Gasteiger partial charge < -0.3 is 19.3 Å². The van der Waals surface area contributed by atoms with Crippen molar-refractivity contribution in [2.75, 3.05) is 38.7 Å². The molecule has 2 aliphatic rings. The zero-order valence-electron chi connectivity index (χ0n) is 14.1. The largest absolute Gasteiger partial charge is 0.486 e. The molecule has 0 fully saturated rings. The van der Waals surface area contributed by atoms with Gasteiger partial charge in [0, 0.05) is 32.1 Å². The van der Waals surface area contributed by atoms with Crippen LogP contribution in [0.2, 0.25) is 0 Å². The third kappa shape index (κ3) is 2.89. The quantitative estimate of drug-likeness (QED) is 0.856. The molecule has 1 atom stereocenters. The molecule has 6 nitrogen and oxygen atoms in total. The molecule has 0 saturated heterocycles. The second-order valence-electron chi connectivity index (χ2n) is 6.49. The number of nitrogens with zero attached hydrogens (tertiary/aromatic N) is 4. The third-order valence-corrected chi connectivity index (χ3v) is 4.58. The first-order valence-electron chi connectivity index (χ1n) is 8.31. The second-order valence-corrected chi connectivity index (χ2v) is 6.49. The Hall–Kier alpha value is -2.34. The van der Waals surface area contributed by atoms with E-state index in [2.05, 4.69) is 33.9 Å². The Labute approximate surface area is 142 Å². The maximum Gasteiger partial charge on any atom is 0.161 e. The highest BCUT2D eigenvalue weighted by Gasteiger charge is 2.25. The fourth-order valence-electron chi connectivity index (χ4n) is 3.34. The number of fused-ring (bicyclic) bond motifs is 2. The van der Waals surface area contributed by atoms with Crippen LogP contribution in [0.4, 0.5) is 5.82 Å². The lowest BCUT2D eigenvalue weighted by Gasteiger charge is -2.32. The van der Waals surface area contributed by atoms with Crippen molar-refractivity contribution < 1.29 is 9.47 Å². The van der Waals surface area contributed by atoms with Gasteiger partial charge in [0.1, 0.15) is 18.8 Å². The van der Waals surface area contributed by atoms with Crippen LogP contribution in [0, 0.1) is 0 Å². The number of aromatic nitrogens is 2. The molecule has 126 valence electrons. The minimum Gasteiger partial charge on any atom is -0.486 e. The minimum absolute atomic E-state index is 0.0168. The summed E-state index contributed by atoms with van der Waals surface area (Å²) in [4.78, 5) is 13.4. The van der Waals surface area contributed by atoms with Crippen LogP contribution in [0.15, 0.2) is 30.6 Å². The van der Waals surface area contributed by atoms with Crippen LogP contribution in [-0.2, 0) is 13.0 Å². The van der Waals surface area contributed by atoms with Gasteiger partial charge in [0.25, 0.3) is 0 Å². The number of likely N-dealkylation sites (N-methyl/N-ethyl adjacent to an activating group) is 2. The first kappa shape index (κ1) is 15.2. The molecule has 0 amide bonds. The van der Waals surface area contributed by atoms with E-state index >= 15 is 0 Å². The summed E-state index contributed by atoms with van der Waals surface area (Å²) in [5.41, 5.74) is 2.39. The van der Waals surface area contributed by atoms with E-state index in [1.807, 2.05) is 24.3 Å². The molecule has 0 spiro atoms. The van der Waals surface area contributed by atoms with Crippen molar-refractivity contribution >= 4 is 5.82 Å². The molecule has 24 heavy (non-hydrogen) atoms. The molecule has 4 rings (SSSR count). The molecule has 0 aliphatic carbocycles. The van der Waals surface area contributed by atoms with Crippen LogP contribution in [0.3, 0.4) is 0 Å². The summed E-state index contributed by atoms with van der Waals surface area (Å²) in [5, 5.41) is 0. The molecule has 0 saturated carbocycles. The van der Waals surface area contributed by atoms with Gasteiger partial charge in [-0.05, 0) is 19.2 Å². The Balaban J connectivity index is 1.51. The molecule has 2 aromatic rings. The van der Waals surface area contributed by atoms with Crippen LogP contribution >= 0.6 is 0 Å². The van der Waals surface area contributed by atoms with E-state index in [0.29, 0.717) is 6.61 Å². The third-order valence-electron chi connectivity index (χ3n) is 4.58. The van der Waals surface area contributed by atoms with Crippen LogP contribution in [0.25, 0.3) is 0 Å². The summed E-state index contributed by atoms with van der Waals surface area (Å²) in [6.45, 7) is 3.21. The first-order chi connectivity index (χ1) is 11.7. The fourth-order valence-corrected chi connectivity index (χ4v) is 3.34. The second kappa shape index (κ2) is 6.28. The number of ether oxygens (including phenoxy) is 2. The molecule has 3 heterocycles. The Bertz CT molecular complexity index is 737. The molecule has 1 unspecified atom stereocenters. The average molecular weight is 326 g/mol. The van der Waals surface area contributed by atoms with Crippen LogP contribution < -0.4 is 14.4 Å². The van der Waals surface area contributed by atoms with E-state index in [-0.39, 0.29) is 6.10 Å². The van der Waals surface area contributed by atoms with Gasteiger partial charge in [-0.2, -0.15) is 0 Å². The molecule has 1 aromatic carbocycles. The van der Waals surface area contributed by atoms with Gasteiger partial charge in [-0.3, -0.25) is 0 Å². The van der Waals surface area contributed by atoms with Crippen molar-refractivity contribution in [3.05, 3.63) is 41.9 Å². The molecular weight excluding hydrogens is 304 g/mol. The summed E-state index contributed by atoms with van der Waals surface area (Å²) in [7, 11) is 4.19. The van der Waals surface area contributed by atoms with Crippen LogP contribution in [0.5, 0.6) is 11.5 Å². The topological polar surface area (TPSA) is 50.7 Å². The van der Waals surface area contributed by atoms with Crippen LogP contribution in [-0.4, -0.2) is 54.8 Å². The minimum atomic E-state index is -0.0168. The summed E-state index contributed by atoms with van der Waals surface area (Å²) >= 11 is 0. The van der Waals surface area contributed by atoms with Gasteiger partial charge in [0.15, 0.2) is 17.6 Å². The van der Waals surface area contributed by atoms with E-state index in [1.54, 1.807) is 6.33 Å². The number of hydrogen-bond donors (Lipinski definition) is 0. The average Bonchev–Trinajstić information content (AvgIpc) is 2.61. The number of benzene rings is 1. The SMILES string of the molecule is CN1CCc2ncnc(N(C)CC3COc4ccccc4O3)c2C1. The van der Waals surface area contributed by atoms with Crippen molar-refractivity contribution in [1.29, 1.82) is 0 Å². The lowest BCUT2D eigenvalue weighted by atomic mass is 10.1. The first-order valence-corrected chi connectivity index (χ1v) is 8.31. The van der Waals surface area contributed by atoms with E-state index in [1.165, 1.54) is 5.56 Å². The zero-order valence-corrected chi connectivity index (χ0v) is 14.1. The van der Waals surface area contributed by atoms with Crippen molar-refractivity contribution in [3.63, 3.8) is 0 Å². The fraction of sp³-hybridized carbons (Fsp3) is 0.444. The van der Waals surface area contributed by atoms with E-state index in [4.69, 9.17) is 9.47 Å². The molecule has 2 aliphatic heterocycles. The predicted molar refractivity (Wildman–Crippen MR) is 91.7 cm³/mol. The van der Waals surface area contributed by atoms with Crippen molar-refractivity contribution in [2.24, 2.45) is 0 Å². The van der Waals surface area contributed by atoms with Crippen molar-refractivity contribution in [1.82, 2.24) is 14.9 Å². The predicted octanol–water partition coefficient (Wildman–Crippen LogP) is 1.74. The van der Waals surface area contributed by atoms with Gasteiger partial charge in [-0.15, -0.1) is 0 Å². The molecule has 0 radical (unpaired) electrons. The summed E-state index contributed by atoms with van der Waals surface area (Å²) in [5.74, 6) is 2.62. The number of rotatable bonds is 3. The highest BCUT2D eigenvalue weighted by Crippen LogP contribution is 2.31. The lowest BCUT2D eigenvalue weighted by molar-refractivity contribution is 0.0959. The monoisotopic (exact) mass is 326 g/mol. The Morgan fingerprint density at radius 3 is 2.96 bits per heavy atom. The van der Waals surface area contributed by atoms with E-state index in [0.717, 1.165) is 49.1 Å². The molecule has 1 aromatic heterocycles. The van der Waals surface area contributed by atoms with Gasteiger partial charge in [-0.25, -0.2) is 9.97 Å².